The maximum atomic E-state index is 13.3. The average Bonchev–Trinajstić information content (AvgIpc) is 3.03. The molecule has 6 aliphatic rings. The van der Waals surface area contributed by atoms with Crippen LogP contribution in [0.15, 0.2) is 24.3 Å². The molecule has 31 heavy (non-hydrogen) atoms. The zero-order valence-electron chi connectivity index (χ0n) is 18.5. The number of aliphatic carboxylic acids is 1. The van der Waals surface area contributed by atoms with E-state index >= 15 is 0 Å². The Hall–Kier alpha value is -1.84. The molecule has 166 valence electrons. The van der Waals surface area contributed by atoms with E-state index in [2.05, 4.69) is 23.1 Å². The van der Waals surface area contributed by atoms with Crippen LogP contribution in [0.3, 0.4) is 0 Å². The average molecular weight is 422 g/mol. The number of amides is 1. The smallest absolute Gasteiger partial charge is 0.303 e. The quantitative estimate of drug-likeness (QED) is 0.747. The fourth-order valence-electron chi connectivity index (χ4n) is 8.78. The van der Waals surface area contributed by atoms with Crippen LogP contribution >= 0.6 is 0 Å². The van der Waals surface area contributed by atoms with Crippen LogP contribution in [-0.4, -0.2) is 35.0 Å². The zero-order valence-corrected chi connectivity index (χ0v) is 18.5. The number of likely N-dealkylation sites (tertiary alicyclic amines) is 1. The van der Waals surface area contributed by atoms with Gasteiger partial charge in [0.1, 0.15) is 0 Å². The lowest BCUT2D eigenvalue weighted by Gasteiger charge is -2.54. The van der Waals surface area contributed by atoms with E-state index in [1.165, 1.54) is 43.2 Å². The summed E-state index contributed by atoms with van der Waals surface area (Å²) in [7, 11) is 0. The lowest BCUT2D eigenvalue weighted by molar-refractivity contribution is -0.138. The summed E-state index contributed by atoms with van der Waals surface area (Å²) in [4.78, 5) is 26.9. The Morgan fingerprint density at radius 1 is 0.935 bits per heavy atom. The molecular weight excluding hydrogens is 386 g/mol. The van der Waals surface area contributed by atoms with Crippen LogP contribution in [0.1, 0.15) is 81.3 Å². The van der Waals surface area contributed by atoms with E-state index < -0.39 is 5.97 Å². The number of piperidine rings is 1. The highest BCUT2D eigenvalue weighted by Gasteiger charge is 2.50. The molecule has 1 aliphatic heterocycles. The van der Waals surface area contributed by atoms with Gasteiger partial charge in [-0.25, -0.2) is 0 Å². The number of benzene rings is 1. The predicted molar refractivity (Wildman–Crippen MR) is 119 cm³/mol. The Morgan fingerprint density at radius 3 is 2.23 bits per heavy atom. The zero-order chi connectivity index (χ0) is 21.2. The molecule has 7 rings (SSSR count). The molecule has 1 heterocycles. The monoisotopic (exact) mass is 421 g/mol. The first kappa shape index (κ1) is 19.8. The van der Waals surface area contributed by atoms with Gasteiger partial charge in [-0.15, -0.1) is 0 Å². The first-order chi connectivity index (χ1) is 15.0. The first-order valence-electron chi connectivity index (χ1n) is 12.6. The first-order valence-corrected chi connectivity index (χ1v) is 12.6. The van der Waals surface area contributed by atoms with Crippen molar-refractivity contribution < 1.29 is 14.7 Å². The van der Waals surface area contributed by atoms with Gasteiger partial charge in [-0.05, 0) is 103 Å². The van der Waals surface area contributed by atoms with Crippen molar-refractivity contribution in [1.82, 2.24) is 4.90 Å². The summed E-state index contributed by atoms with van der Waals surface area (Å²) in [5, 5.41) is 9.39. The minimum absolute atomic E-state index is 0.0656. The van der Waals surface area contributed by atoms with Gasteiger partial charge in [0.15, 0.2) is 0 Å². The number of hydrogen-bond acceptors (Lipinski definition) is 2. The van der Waals surface area contributed by atoms with Gasteiger partial charge in [-0.1, -0.05) is 24.3 Å². The van der Waals surface area contributed by atoms with E-state index in [0.29, 0.717) is 11.8 Å². The minimum atomic E-state index is -0.708. The van der Waals surface area contributed by atoms with E-state index in [4.69, 9.17) is 0 Å². The molecule has 0 radical (unpaired) electrons. The van der Waals surface area contributed by atoms with Crippen LogP contribution < -0.4 is 0 Å². The van der Waals surface area contributed by atoms with Crippen LogP contribution in [0, 0.1) is 29.6 Å². The van der Waals surface area contributed by atoms with Crippen molar-refractivity contribution in [1.29, 1.82) is 0 Å². The van der Waals surface area contributed by atoms with E-state index in [1.54, 1.807) is 0 Å². The third-order valence-corrected chi connectivity index (χ3v) is 9.94. The second-order valence-electron chi connectivity index (χ2n) is 11.5. The normalized spacial score (nSPS) is 37.2. The van der Waals surface area contributed by atoms with Gasteiger partial charge in [0.05, 0.1) is 6.42 Å². The highest BCUT2D eigenvalue weighted by atomic mass is 16.4. The van der Waals surface area contributed by atoms with Gasteiger partial charge in [0.2, 0.25) is 5.91 Å². The summed E-state index contributed by atoms with van der Waals surface area (Å²) in [6.45, 7) is 1.67. The van der Waals surface area contributed by atoms with Crippen molar-refractivity contribution in [2.45, 2.75) is 75.5 Å². The van der Waals surface area contributed by atoms with Crippen molar-refractivity contribution in [3.8, 4) is 0 Å². The number of hydrogen-bond donors (Lipinski definition) is 1. The molecule has 5 fully saturated rings. The highest BCUT2D eigenvalue weighted by Crippen LogP contribution is 2.58. The summed E-state index contributed by atoms with van der Waals surface area (Å²) < 4.78 is 0. The van der Waals surface area contributed by atoms with E-state index in [9.17, 15) is 14.7 Å². The minimum Gasteiger partial charge on any atom is -0.481 e. The molecule has 4 nitrogen and oxygen atoms in total. The standard InChI is InChI=1S/C27H35NO3/c29-25(15-23-19-10-17-9-18(12-19)13-20(23)11-17)28-7-5-27(6-8-28)16-21(14-26(30)31)22-3-1-2-4-24(22)27/h1-4,17-21,23H,5-16H2,(H,30,31). The molecule has 1 N–H and O–H groups in total. The number of nitrogens with zero attached hydrogens (tertiary/aromatic N) is 1. The molecule has 1 atom stereocenters. The van der Waals surface area contributed by atoms with Gasteiger partial charge in [-0.2, -0.15) is 0 Å². The van der Waals surface area contributed by atoms with Crippen LogP contribution in [0.5, 0.6) is 0 Å². The highest BCUT2D eigenvalue weighted by molar-refractivity contribution is 5.77. The van der Waals surface area contributed by atoms with Crippen molar-refractivity contribution in [2.75, 3.05) is 13.1 Å². The number of carboxylic acid groups (broad SMARTS) is 1. The molecule has 4 saturated carbocycles. The van der Waals surface area contributed by atoms with Crippen molar-refractivity contribution >= 4 is 11.9 Å². The Bertz CT molecular complexity index is 856. The van der Waals surface area contributed by atoms with E-state index in [0.717, 1.165) is 62.4 Å². The number of fused-ring (bicyclic) bond motifs is 2. The third kappa shape index (κ3) is 3.32. The van der Waals surface area contributed by atoms with Crippen molar-refractivity contribution in [3.63, 3.8) is 0 Å². The summed E-state index contributed by atoms with van der Waals surface area (Å²) >= 11 is 0. The number of carbonyl (C=O) groups is 2. The van der Waals surface area contributed by atoms with E-state index in [-0.39, 0.29) is 17.8 Å². The molecule has 1 saturated heterocycles. The van der Waals surface area contributed by atoms with Crippen LogP contribution in [-0.2, 0) is 15.0 Å². The third-order valence-electron chi connectivity index (χ3n) is 9.94. The van der Waals surface area contributed by atoms with Gasteiger partial charge < -0.3 is 10.0 Å². The number of carbonyl (C=O) groups excluding carboxylic acids is 1. The Balaban J connectivity index is 1.12. The molecular formula is C27H35NO3. The molecule has 5 aliphatic carbocycles. The maximum Gasteiger partial charge on any atom is 0.303 e. The predicted octanol–water partition coefficient (Wildman–Crippen LogP) is 4.97. The summed E-state index contributed by atoms with van der Waals surface area (Å²) in [5.41, 5.74) is 2.66. The molecule has 1 spiro atoms. The van der Waals surface area contributed by atoms with Crippen molar-refractivity contribution in [3.05, 3.63) is 35.4 Å². The van der Waals surface area contributed by atoms with Gasteiger partial charge in [0.25, 0.3) is 0 Å². The van der Waals surface area contributed by atoms with E-state index in [1.807, 2.05) is 6.07 Å². The van der Waals surface area contributed by atoms with Gasteiger partial charge in [-0.3, -0.25) is 9.59 Å². The fourth-order valence-corrected chi connectivity index (χ4v) is 8.78. The topological polar surface area (TPSA) is 57.6 Å². The Morgan fingerprint density at radius 2 is 1.58 bits per heavy atom. The van der Waals surface area contributed by atoms with Crippen LogP contribution in [0.4, 0.5) is 0 Å². The molecule has 4 heteroatoms. The molecule has 0 aromatic heterocycles. The summed E-state index contributed by atoms with van der Waals surface area (Å²) in [6.07, 6.45) is 10.9. The maximum absolute atomic E-state index is 13.3. The molecule has 1 aromatic carbocycles. The molecule has 1 unspecified atom stereocenters. The lowest BCUT2D eigenvalue weighted by atomic mass is 9.51. The summed E-state index contributed by atoms with van der Waals surface area (Å²) in [6, 6.07) is 8.47. The SMILES string of the molecule is O=C(O)CC1CC2(CCN(C(=O)CC3C4CC5CC(C4)CC3C5)CC2)c2ccccc21. The van der Waals surface area contributed by atoms with Crippen LogP contribution in [0.2, 0.25) is 0 Å². The molecule has 1 aromatic rings. The summed E-state index contributed by atoms with van der Waals surface area (Å²) in [5.74, 6) is 3.99. The van der Waals surface area contributed by atoms with Gasteiger partial charge >= 0.3 is 5.97 Å². The second kappa shape index (κ2) is 7.35. The molecule has 4 bridgehead atoms. The Kier molecular flexibility index (Phi) is 4.70. The fraction of sp³-hybridized carbons (Fsp3) is 0.704. The van der Waals surface area contributed by atoms with Crippen LogP contribution in [0.25, 0.3) is 0 Å². The largest absolute Gasteiger partial charge is 0.481 e. The molecule has 1 amide bonds. The second-order valence-corrected chi connectivity index (χ2v) is 11.5. The number of carboxylic acids is 1. The van der Waals surface area contributed by atoms with Crippen molar-refractivity contribution in [2.24, 2.45) is 29.6 Å². The van der Waals surface area contributed by atoms with Gasteiger partial charge in [0, 0.05) is 19.5 Å². The number of rotatable bonds is 4. The lowest BCUT2D eigenvalue weighted by Crippen LogP contribution is -2.49. The Labute approximate surface area is 185 Å².